The van der Waals surface area contributed by atoms with Crippen molar-refractivity contribution in [1.82, 2.24) is 20.1 Å². The van der Waals surface area contributed by atoms with E-state index in [4.69, 9.17) is 37.7 Å². The SMILES string of the molecule is COc1cc2c(cc1Nc1nc(Cc3c(Cl)cccc3Cl)cc3cn[nH]c(=O)c13)CN(C(=O)OC(C)(C)C)CC2. The Labute approximate surface area is 241 Å². The molecular weight excluding hydrogens is 553 g/mol. The number of carbonyl (C=O) groups is 1. The Kier molecular flexibility index (Phi) is 7.61. The van der Waals surface area contributed by atoms with Crippen LogP contribution in [0, 0.1) is 0 Å². The molecule has 1 aliphatic rings. The van der Waals surface area contributed by atoms with Crippen LogP contribution in [0.15, 0.2) is 47.4 Å². The van der Waals surface area contributed by atoms with Crippen LogP contribution in [0.2, 0.25) is 10.0 Å². The summed E-state index contributed by atoms with van der Waals surface area (Å²) in [5.41, 5.74) is 3.02. The summed E-state index contributed by atoms with van der Waals surface area (Å²) in [6, 6.07) is 11.0. The highest BCUT2D eigenvalue weighted by atomic mass is 35.5. The molecule has 11 heteroatoms. The molecule has 1 aliphatic heterocycles. The number of amides is 1. The Hall–Kier alpha value is -3.82. The number of ether oxygens (including phenoxy) is 2. The van der Waals surface area contributed by atoms with Gasteiger partial charge in [-0.1, -0.05) is 29.3 Å². The number of pyridine rings is 1. The quantitative estimate of drug-likeness (QED) is 0.286. The molecule has 1 amide bonds. The van der Waals surface area contributed by atoms with Gasteiger partial charge >= 0.3 is 6.09 Å². The van der Waals surface area contributed by atoms with E-state index in [9.17, 15) is 9.59 Å². The van der Waals surface area contributed by atoms with E-state index in [0.29, 0.717) is 69.7 Å². The van der Waals surface area contributed by atoms with Crippen LogP contribution >= 0.6 is 23.2 Å². The molecule has 208 valence electrons. The van der Waals surface area contributed by atoms with Crippen LogP contribution in [-0.4, -0.2) is 45.4 Å². The van der Waals surface area contributed by atoms with Crippen LogP contribution < -0.4 is 15.6 Å². The number of aromatic nitrogens is 3. The Balaban J connectivity index is 1.53. The second-order valence-corrected chi connectivity index (χ2v) is 11.4. The lowest BCUT2D eigenvalue weighted by Gasteiger charge is -2.31. The Morgan fingerprint density at radius 3 is 2.60 bits per heavy atom. The first kappa shape index (κ1) is 27.7. The van der Waals surface area contributed by atoms with E-state index in [1.807, 2.05) is 32.9 Å². The summed E-state index contributed by atoms with van der Waals surface area (Å²) in [6.07, 6.45) is 2.22. The van der Waals surface area contributed by atoms with Gasteiger partial charge in [-0.25, -0.2) is 14.9 Å². The third kappa shape index (κ3) is 5.85. The summed E-state index contributed by atoms with van der Waals surface area (Å²) in [7, 11) is 1.58. The molecule has 0 saturated heterocycles. The maximum atomic E-state index is 12.9. The third-order valence-electron chi connectivity index (χ3n) is 6.56. The number of aromatic amines is 1. The van der Waals surface area contributed by atoms with Gasteiger partial charge in [0.05, 0.1) is 24.4 Å². The van der Waals surface area contributed by atoms with E-state index >= 15 is 0 Å². The van der Waals surface area contributed by atoms with E-state index < -0.39 is 5.60 Å². The number of carbonyl (C=O) groups excluding carboxylic acids is 1. The molecule has 4 aromatic rings. The van der Waals surface area contributed by atoms with Crippen molar-refractivity contribution in [1.29, 1.82) is 0 Å². The summed E-state index contributed by atoms with van der Waals surface area (Å²) < 4.78 is 11.3. The summed E-state index contributed by atoms with van der Waals surface area (Å²) in [6.45, 7) is 6.46. The average Bonchev–Trinajstić information content (AvgIpc) is 2.89. The van der Waals surface area contributed by atoms with Crippen molar-refractivity contribution < 1.29 is 14.3 Å². The van der Waals surface area contributed by atoms with Gasteiger partial charge in [0.25, 0.3) is 5.56 Å². The molecule has 2 aromatic heterocycles. The topological polar surface area (TPSA) is 109 Å². The Morgan fingerprint density at radius 1 is 1.15 bits per heavy atom. The molecule has 2 aromatic carbocycles. The molecule has 0 spiro atoms. The lowest BCUT2D eigenvalue weighted by Crippen LogP contribution is -2.39. The molecule has 0 fully saturated rings. The van der Waals surface area contributed by atoms with Crippen molar-refractivity contribution >= 4 is 51.6 Å². The third-order valence-corrected chi connectivity index (χ3v) is 7.27. The summed E-state index contributed by atoms with van der Waals surface area (Å²) in [5, 5.41) is 11.8. The first-order valence-electron chi connectivity index (χ1n) is 12.8. The second kappa shape index (κ2) is 11.0. The van der Waals surface area contributed by atoms with Crippen LogP contribution in [0.4, 0.5) is 16.3 Å². The molecular formula is C29H29Cl2N5O4. The number of rotatable bonds is 5. The molecule has 0 aliphatic carbocycles. The number of anilines is 2. The van der Waals surface area contributed by atoms with Gasteiger partial charge in [-0.15, -0.1) is 0 Å². The highest BCUT2D eigenvalue weighted by Crippen LogP contribution is 2.35. The normalized spacial score (nSPS) is 13.2. The zero-order valence-corrected chi connectivity index (χ0v) is 24.1. The smallest absolute Gasteiger partial charge is 0.410 e. The van der Waals surface area contributed by atoms with Crippen molar-refractivity contribution in [2.45, 2.75) is 45.8 Å². The average molecular weight is 582 g/mol. The minimum absolute atomic E-state index is 0.331. The molecule has 0 saturated carbocycles. The number of nitrogens with zero attached hydrogens (tertiary/aromatic N) is 3. The van der Waals surface area contributed by atoms with Gasteiger partial charge in [-0.05, 0) is 74.2 Å². The van der Waals surface area contributed by atoms with Gasteiger partial charge in [0.15, 0.2) is 0 Å². The van der Waals surface area contributed by atoms with Crippen molar-refractivity contribution in [3.05, 3.63) is 85.4 Å². The summed E-state index contributed by atoms with van der Waals surface area (Å²) >= 11 is 12.8. The lowest BCUT2D eigenvalue weighted by atomic mass is 9.98. The highest BCUT2D eigenvalue weighted by molar-refractivity contribution is 6.36. The number of hydrogen-bond donors (Lipinski definition) is 2. The van der Waals surface area contributed by atoms with Gasteiger partial charge in [0.2, 0.25) is 0 Å². The largest absolute Gasteiger partial charge is 0.495 e. The summed E-state index contributed by atoms with van der Waals surface area (Å²) in [4.78, 5) is 32.1. The second-order valence-electron chi connectivity index (χ2n) is 10.6. The zero-order valence-electron chi connectivity index (χ0n) is 22.6. The first-order valence-corrected chi connectivity index (χ1v) is 13.5. The van der Waals surface area contributed by atoms with E-state index in [-0.39, 0.29) is 11.7 Å². The molecule has 5 rings (SSSR count). The Bertz CT molecular complexity index is 1650. The molecule has 40 heavy (non-hydrogen) atoms. The van der Waals surface area contributed by atoms with E-state index in [2.05, 4.69) is 15.5 Å². The minimum atomic E-state index is -0.585. The van der Waals surface area contributed by atoms with Crippen LogP contribution in [0.3, 0.4) is 0 Å². The first-order chi connectivity index (χ1) is 19.0. The van der Waals surface area contributed by atoms with Crippen molar-refractivity contribution in [3.63, 3.8) is 0 Å². The number of fused-ring (bicyclic) bond motifs is 2. The molecule has 3 heterocycles. The number of nitrogens with one attached hydrogen (secondary N) is 2. The highest BCUT2D eigenvalue weighted by Gasteiger charge is 2.27. The van der Waals surface area contributed by atoms with Gasteiger partial charge in [-0.2, -0.15) is 5.10 Å². The van der Waals surface area contributed by atoms with Gasteiger partial charge in [-0.3, -0.25) is 4.79 Å². The van der Waals surface area contributed by atoms with E-state index in [1.54, 1.807) is 42.5 Å². The maximum Gasteiger partial charge on any atom is 0.410 e. The lowest BCUT2D eigenvalue weighted by molar-refractivity contribution is 0.0224. The molecule has 0 bridgehead atoms. The number of hydrogen-bond acceptors (Lipinski definition) is 7. The van der Waals surface area contributed by atoms with Crippen LogP contribution in [-0.2, 0) is 24.1 Å². The van der Waals surface area contributed by atoms with E-state index in [1.165, 1.54) is 0 Å². The summed E-state index contributed by atoms with van der Waals surface area (Å²) in [5.74, 6) is 0.918. The standard InChI is InChI=1S/C29H29Cl2N5O4/c1-29(2,3)40-28(38)36-9-8-16-12-24(39-4)23(11-18(16)15-36)34-26-25-17(14-32-35-27(25)37)10-19(33-26)13-20-21(30)6-5-7-22(20)31/h5-7,10-12,14H,8-9,13,15H2,1-4H3,(H,33,34)(H,35,37). The van der Waals surface area contributed by atoms with Crippen molar-refractivity contribution in [2.75, 3.05) is 19.0 Å². The number of benzene rings is 2. The molecule has 9 nitrogen and oxygen atoms in total. The fraction of sp³-hybridized carbons (Fsp3) is 0.310. The van der Waals surface area contributed by atoms with Gasteiger partial charge < -0.3 is 19.7 Å². The van der Waals surface area contributed by atoms with Gasteiger partial charge in [0.1, 0.15) is 17.2 Å². The molecule has 0 radical (unpaired) electrons. The van der Waals surface area contributed by atoms with Gasteiger partial charge in [0, 0.05) is 40.6 Å². The predicted octanol–water partition coefficient (Wildman–Crippen LogP) is 6.26. The molecule has 0 unspecified atom stereocenters. The van der Waals surface area contributed by atoms with E-state index in [0.717, 1.165) is 16.7 Å². The van der Waals surface area contributed by atoms with Crippen LogP contribution in [0.1, 0.15) is 43.2 Å². The maximum absolute atomic E-state index is 12.9. The van der Waals surface area contributed by atoms with Crippen molar-refractivity contribution in [2.24, 2.45) is 0 Å². The van der Waals surface area contributed by atoms with Crippen LogP contribution in [0.5, 0.6) is 5.75 Å². The predicted molar refractivity (Wildman–Crippen MR) is 156 cm³/mol. The number of H-pyrrole nitrogens is 1. The minimum Gasteiger partial charge on any atom is -0.495 e. The monoisotopic (exact) mass is 581 g/mol. The fourth-order valence-electron chi connectivity index (χ4n) is 4.70. The number of methoxy groups -OCH3 is 1. The van der Waals surface area contributed by atoms with Crippen LogP contribution in [0.25, 0.3) is 10.8 Å². The zero-order chi connectivity index (χ0) is 28.6. The number of halogens is 2. The fourth-order valence-corrected chi connectivity index (χ4v) is 5.23. The molecule has 2 N–H and O–H groups in total. The molecule has 0 atom stereocenters. The Morgan fingerprint density at radius 2 is 1.90 bits per heavy atom. The van der Waals surface area contributed by atoms with Crippen molar-refractivity contribution in [3.8, 4) is 5.75 Å².